The van der Waals surface area contributed by atoms with Crippen molar-refractivity contribution in [2.75, 3.05) is 11.4 Å². The largest absolute Gasteiger partial charge is 0.367 e. The maximum absolute atomic E-state index is 10.9. The van der Waals surface area contributed by atoms with Gasteiger partial charge >= 0.3 is 0 Å². The fourth-order valence-electron chi connectivity index (χ4n) is 2.52. The Morgan fingerprint density at radius 1 is 1.40 bits per heavy atom. The van der Waals surface area contributed by atoms with Crippen molar-refractivity contribution in [3.63, 3.8) is 0 Å². The topological polar surface area (TPSA) is 46.4 Å². The van der Waals surface area contributed by atoms with E-state index < -0.39 is 0 Å². The van der Waals surface area contributed by atoms with Gasteiger partial charge in [-0.25, -0.2) is 0 Å². The molecule has 2 heterocycles. The summed E-state index contributed by atoms with van der Waals surface area (Å²) in [6.07, 6.45) is 1.03. The Labute approximate surface area is 125 Å². The molecule has 20 heavy (non-hydrogen) atoms. The van der Waals surface area contributed by atoms with E-state index >= 15 is 0 Å². The Bertz CT molecular complexity index is 656. The molecule has 0 N–H and O–H groups in total. The summed E-state index contributed by atoms with van der Waals surface area (Å²) in [5.74, 6) is 0.154. The molecule has 0 amide bonds. The third-order valence-corrected chi connectivity index (χ3v) is 4.89. The number of nitro groups is 1. The van der Waals surface area contributed by atoms with Crippen LogP contribution < -0.4 is 4.90 Å². The number of fused-ring (bicyclic) bond motifs is 1. The van der Waals surface area contributed by atoms with Gasteiger partial charge in [0, 0.05) is 35.3 Å². The summed E-state index contributed by atoms with van der Waals surface area (Å²) < 4.78 is 0. The first-order valence-electron chi connectivity index (χ1n) is 6.32. The highest BCUT2D eigenvalue weighted by molar-refractivity contribution is 7.10. The number of alkyl halides is 1. The SMILES string of the molecule is O=[N+]([O-])c1ccc(N2CCc3sccc3C2)cc1CCl. The molecule has 0 saturated carbocycles. The summed E-state index contributed by atoms with van der Waals surface area (Å²) in [6, 6.07) is 7.35. The fourth-order valence-corrected chi connectivity index (χ4v) is 3.63. The molecule has 0 spiro atoms. The number of thiophene rings is 1. The number of halogens is 1. The van der Waals surface area contributed by atoms with Gasteiger partial charge in [0.15, 0.2) is 0 Å². The number of nitrogens with zero attached hydrogens (tertiary/aromatic N) is 2. The first kappa shape index (κ1) is 13.4. The van der Waals surface area contributed by atoms with Crippen molar-refractivity contribution in [3.05, 3.63) is 55.8 Å². The third-order valence-electron chi connectivity index (χ3n) is 3.58. The molecule has 3 rings (SSSR count). The Balaban J connectivity index is 1.90. The number of hydrogen-bond donors (Lipinski definition) is 0. The lowest BCUT2D eigenvalue weighted by Gasteiger charge is -2.29. The summed E-state index contributed by atoms with van der Waals surface area (Å²) in [5, 5.41) is 13.1. The van der Waals surface area contributed by atoms with Crippen molar-refractivity contribution in [3.8, 4) is 0 Å². The Morgan fingerprint density at radius 3 is 3.00 bits per heavy atom. The van der Waals surface area contributed by atoms with Crippen molar-refractivity contribution in [2.24, 2.45) is 0 Å². The van der Waals surface area contributed by atoms with Crippen molar-refractivity contribution >= 4 is 34.3 Å². The monoisotopic (exact) mass is 308 g/mol. The number of nitro benzene ring substituents is 1. The highest BCUT2D eigenvalue weighted by Gasteiger charge is 2.20. The molecule has 0 atom stereocenters. The van der Waals surface area contributed by atoms with Gasteiger partial charge in [0.1, 0.15) is 0 Å². The average molecular weight is 309 g/mol. The molecule has 0 bridgehead atoms. The zero-order valence-corrected chi connectivity index (χ0v) is 12.3. The van der Waals surface area contributed by atoms with Gasteiger partial charge in [0.05, 0.1) is 10.8 Å². The predicted molar refractivity (Wildman–Crippen MR) is 81.7 cm³/mol. The van der Waals surface area contributed by atoms with E-state index in [1.807, 2.05) is 12.1 Å². The molecule has 6 heteroatoms. The number of rotatable bonds is 3. The second-order valence-electron chi connectivity index (χ2n) is 4.74. The lowest BCUT2D eigenvalue weighted by atomic mass is 10.1. The highest BCUT2D eigenvalue weighted by Crippen LogP contribution is 2.31. The summed E-state index contributed by atoms with van der Waals surface area (Å²) in [7, 11) is 0. The molecular weight excluding hydrogens is 296 g/mol. The quantitative estimate of drug-likeness (QED) is 0.490. The molecule has 0 radical (unpaired) electrons. The van der Waals surface area contributed by atoms with Crippen LogP contribution in [0.4, 0.5) is 11.4 Å². The second-order valence-corrected chi connectivity index (χ2v) is 6.01. The highest BCUT2D eigenvalue weighted by atomic mass is 35.5. The van der Waals surface area contributed by atoms with Gasteiger partial charge < -0.3 is 4.90 Å². The zero-order valence-electron chi connectivity index (χ0n) is 10.7. The molecule has 104 valence electrons. The van der Waals surface area contributed by atoms with E-state index in [1.54, 1.807) is 17.4 Å². The van der Waals surface area contributed by atoms with Gasteiger partial charge in [0.2, 0.25) is 0 Å². The van der Waals surface area contributed by atoms with Crippen molar-refractivity contribution in [2.45, 2.75) is 18.8 Å². The molecule has 1 aromatic heterocycles. The Hall–Kier alpha value is -1.59. The third kappa shape index (κ3) is 2.39. The van der Waals surface area contributed by atoms with Crippen LogP contribution in [0.1, 0.15) is 16.0 Å². The van der Waals surface area contributed by atoms with Crippen LogP contribution in [0.5, 0.6) is 0 Å². The molecule has 0 saturated heterocycles. The van der Waals surface area contributed by atoms with Crippen LogP contribution in [0.15, 0.2) is 29.6 Å². The van der Waals surface area contributed by atoms with Crippen LogP contribution in [0, 0.1) is 10.1 Å². The maximum atomic E-state index is 10.9. The van der Waals surface area contributed by atoms with Crippen LogP contribution in [0.2, 0.25) is 0 Å². The summed E-state index contributed by atoms with van der Waals surface area (Å²) >= 11 is 7.63. The maximum Gasteiger partial charge on any atom is 0.273 e. The smallest absolute Gasteiger partial charge is 0.273 e. The van der Waals surface area contributed by atoms with Crippen LogP contribution in [-0.4, -0.2) is 11.5 Å². The first-order chi connectivity index (χ1) is 9.69. The lowest BCUT2D eigenvalue weighted by molar-refractivity contribution is -0.385. The minimum absolute atomic E-state index is 0.0944. The van der Waals surface area contributed by atoms with Gasteiger partial charge in [-0.05, 0) is 35.6 Å². The average Bonchev–Trinajstić information content (AvgIpc) is 2.93. The van der Waals surface area contributed by atoms with Gasteiger partial charge in [-0.1, -0.05) is 0 Å². The molecule has 0 aliphatic carbocycles. The van der Waals surface area contributed by atoms with Gasteiger partial charge in [-0.2, -0.15) is 0 Å². The number of anilines is 1. The van der Waals surface area contributed by atoms with Gasteiger partial charge in [-0.15, -0.1) is 22.9 Å². The zero-order chi connectivity index (χ0) is 14.1. The molecule has 1 aliphatic rings. The summed E-state index contributed by atoms with van der Waals surface area (Å²) in [6.45, 7) is 1.80. The van der Waals surface area contributed by atoms with Crippen molar-refractivity contribution in [1.29, 1.82) is 0 Å². The Morgan fingerprint density at radius 2 is 2.25 bits per heavy atom. The molecule has 1 aliphatic heterocycles. The molecule has 2 aromatic rings. The van der Waals surface area contributed by atoms with E-state index in [0.29, 0.717) is 5.56 Å². The normalized spacial score (nSPS) is 14.2. The molecule has 0 unspecified atom stereocenters. The van der Waals surface area contributed by atoms with E-state index in [-0.39, 0.29) is 16.5 Å². The van der Waals surface area contributed by atoms with E-state index in [9.17, 15) is 10.1 Å². The second kappa shape index (κ2) is 5.42. The minimum Gasteiger partial charge on any atom is -0.367 e. The Kier molecular flexibility index (Phi) is 3.63. The predicted octanol–water partition coefficient (Wildman–Crippen LogP) is 3.96. The van der Waals surface area contributed by atoms with Crippen LogP contribution in [-0.2, 0) is 18.8 Å². The first-order valence-corrected chi connectivity index (χ1v) is 7.74. The molecule has 0 fully saturated rings. The fraction of sp³-hybridized carbons (Fsp3) is 0.286. The summed E-state index contributed by atoms with van der Waals surface area (Å²) in [4.78, 5) is 14.2. The summed E-state index contributed by atoms with van der Waals surface area (Å²) in [5.41, 5.74) is 3.03. The van der Waals surface area contributed by atoms with Gasteiger partial charge in [-0.3, -0.25) is 10.1 Å². The molecule has 4 nitrogen and oxygen atoms in total. The van der Waals surface area contributed by atoms with Crippen molar-refractivity contribution in [1.82, 2.24) is 0 Å². The lowest BCUT2D eigenvalue weighted by Crippen LogP contribution is -2.29. The van der Waals surface area contributed by atoms with E-state index in [2.05, 4.69) is 16.3 Å². The number of hydrogen-bond acceptors (Lipinski definition) is 4. The van der Waals surface area contributed by atoms with E-state index in [0.717, 1.165) is 25.2 Å². The van der Waals surface area contributed by atoms with E-state index in [4.69, 9.17) is 11.6 Å². The minimum atomic E-state index is -0.380. The number of benzene rings is 1. The van der Waals surface area contributed by atoms with Gasteiger partial charge in [0.25, 0.3) is 5.69 Å². The molecular formula is C14H13ClN2O2S. The van der Waals surface area contributed by atoms with Crippen LogP contribution in [0.25, 0.3) is 0 Å². The molecule has 1 aromatic carbocycles. The van der Waals surface area contributed by atoms with E-state index in [1.165, 1.54) is 10.4 Å². The van der Waals surface area contributed by atoms with Crippen LogP contribution >= 0.6 is 22.9 Å². The van der Waals surface area contributed by atoms with Crippen molar-refractivity contribution < 1.29 is 4.92 Å². The van der Waals surface area contributed by atoms with Crippen LogP contribution in [0.3, 0.4) is 0 Å². The standard InChI is InChI=1S/C14H13ClN2O2S/c15-8-11-7-12(1-2-13(11)17(18)19)16-5-3-14-10(9-16)4-6-20-14/h1-2,4,6-7H,3,5,8-9H2.